The molecule has 3 fully saturated rings. The Bertz CT molecular complexity index is 942. The number of amides is 3. The number of nitrogens with zero attached hydrogens (tertiary/aromatic N) is 4. The maximum atomic E-state index is 13.2. The topological polar surface area (TPSA) is 123 Å². The summed E-state index contributed by atoms with van der Waals surface area (Å²) >= 11 is 0. The van der Waals surface area contributed by atoms with Crippen molar-refractivity contribution < 1.29 is 14.4 Å². The van der Waals surface area contributed by atoms with Crippen LogP contribution in [-0.4, -0.2) is 83.3 Å². The van der Waals surface area contributed by atoms with E-state index in [2.05, 4.69) is 11.4 Å². The minimum atomic E-state index is -0.737. The number of piperazine rings is 1. The van der Waals surface area contributed by atoms with Crippen molar-refractivity contribution in [1.29, 1.82) is 5.26 Å². The third kappa shape index (κ3) is 3.85. The number of fused-ring (bicyclic) bond motifs is 2. The first-order valence-electron chi connectivity index (χ1n) is 11.2. The van der Waals surface area contributed by atoms with E-state index in [1.165, 1.54) is 0 Å². The molecule has 1 aromatic rings. The normalized spacial score (nSPS) is 26.8. The van der Waals surface area contributed by atoms with Gasteiger partial charge in [-0.2, -0.15) is 5.26 Å². The van der Waals surface area contributed by atoms with Gasteiger partial charge in [0.25, 0.3) is 5.91 Å². The Labute approximate surface area is 188 Å². The highest BCUT2D eigenvalue weighted by molar-refractivity contribution is 5.94. The molecule has 170 valence electrons. The van der Waals surface area contributed by atoms with Gasteiger partial charge in [0.15, 0.2) is 0 Å². The highest BCUT2D eigenvalue weighted by Crippen LogP contribution is 2.38. The summed E-state index contributed by atoms with van der Waals surface area (Å²) in [5.41, 5.74) is 7.77. The van der Waals surface area contributed by atoms with Gasteiger partial charge >= 0.3 is 0 Å². The van der Waals surface area contributed by atoms with E-state index in [1.807, 2.05) is 28.9 Å². The van der Waals surface area contributed by atoms with Gasteiger partial charge in [-0.1, -0.05) is 12.1 Å². The predicted molar refractivity (Wildman–Crippen MR) is 117 cm³/mol. The Balaban J connectivity index is 1.38. The van der Waals surface area contributed by atoms with Crippen LogP contribution in [0.15, 0.2) is 24.3 Å². The SMILES string of the molecule is CNC(=O)c1ccc(C(C)N2C(=O)C3C[C@H]2CN3CC(N)C(=O)N2CCCC2C#N)cc1. The highest BCUT2D eigenvalue weighted by atomic mass is 16.2. The number of nitrogens with one attached hydrogen (secondary N) is 1. The van der Waals surface area contributed by atoms with Crippen LogP contribution in [0, 0.1) is 11.3 Å². The van der Waals surface area contributed by atoms with E-state index in [0.29, 0.717) is 31.6 Å². The summed E-state index contributed by atoms with van der Waals surface area (Å²) in [6.45, 7) is 3.57. The number of hydrogen-bond acceptors (Lipinski definition) is 6. The lowest BCUT2D eigenvalue weighted by atomic mass is 10.0. The first-order valence-corrected chi connectivity index (χ1v) is 11.2. The fourth-order valence-corrected chi connectivity index (χ4v) is 5.33. The quantitative estimate of drug-likeness (QED) is 0.656. The molecular weight excluding hydrogens is 408 g/mol. The van der Waals surface area contributed by atoms with Crippen LogP contribution in [0.1, 0.15) is 48.1 Å². The summed E-state index contributed by atoms with van der Waals surface area (Å²) in [6.07, 6.45) is 2.24. The molecule has 3 amide bonds. The van der Waals surface area contributed by atoms with Gasteiger partial charge in [-0.15, -0.1) is 0 Å². The molecule has 3 heterocycles. The molecule has 1 aromatic carbocycles. The Hall–Kier alpha value is -2.96. The summed E-state index contributed by atoms with van der Waals surface area (Å²) in [5.74, 6) is -0.289. The standard InChI is InChI=1S/C23H30N6O3/c1-14(15-5-7-16(8-6-15)21(30)26-2)29-18-10-20(23(29)32)27(12-18)13-19(25)22(31)28-9-3-4-17(28)11-24/h5-8,14,17-20H,3-4,9-10,12-13,25H2,1-2H3,(H,26,30)/t14?,17?,18-,19?,20?/m0/s1. The van der Waals surface area contributed by atoms with E-state index in [-0.39, 0.29) is 35.8 Å². The molecule has 0 radical (unpaired) electrons. The van der Waals surface area contributed by atoms with Gasteiger partial charge in [-0.25, -0.2) is 0 Å². The van der Waals surface area contributed by atoms with Crippen LogP contribution in [0.25, 0.3) is 0 Å². The van der Waals surface area contributed by atoms with Crippen molar-refractivity contribution in [1.82, 2.24) is 20.0 Å². The average molecular weight is 439 g/mol. The summed E-state index contributed by atoms with van der Waals surface area (Å²) in [6, 6.07) is 8.08. The lowest BCUT2D eigenvalue weighted by molar-refractivity contribution is -0.140. The van der Waals surface area contributed by atoms with Crippen LogP contribution in [0.3, 0.4) is 0 Å². The van der Waals surface area contributed by atoms with Crippen molar-refractivity contribution in [3.63, 3.8) is 0 Å². The second-order valence-electron chi connectivity index (χ2n) is 8.91. The van der Waals surface area contributed by atoms with E-state index in [1.54, 1.807) is 24.1 Å². The molecule has 5 atom stereocenters. The Morgan fingerprint density at radius 3 is 2.66 bits per heavy atom. The molecule has 0 aliphatic carbocycles. The van der Waals surface area contributed by atoms with Gasteiger partial charge < -0.3 is 20.9 Å². The van der Waals surface area contributed by atoms with Gasteiger partial charge in [-0.05, 0) is 43.9 Å². The Morgan fingerprint density at radius 2 is 2.03 bits per heavy atom. The largest absolute Gasteiger partial charge is 0.355 e. The summed E-state index contributed by atoms with van der Waals surface area (Å²) in [4.78, 5) is 43.2. The fourth-order valence-electron chi connectivity index (χ4n) is 5.33. The number of nitrogens with two attached hydrogens (primary N) is 1. The Morgan fingerprint density at radius 1 is 1.31 bits per heavy atom. The van der Waals surface area contributed by atoms with Gasteiger partial charge in [0, 0.05) is 38.3 Å². The first-order chi connectivity index (χ1) is 15.3. The van der Waals surface area contributed by atoms with Crippen LogP contribution in [0.4, 0.5) is 0 Å². The fraction of sp³-hybridized carbons (Fsp3) is 0.565. The maximum absolute atomic E-state index is 13.2. The lowest BCUT2D eigenvalue weighted by Crippen LogP contribution is -2.56. The molecule has 9 heteroatoms. The van der Waals surface area contributed by atoms with Gasteiger partial charge in [0.1, 0.15) is 6.04 Å². The van der Waals surface area contributed by atoms with Crippen LogP contribution < -0.4 is 11.1 Å². The zero-order chi connectivity index (χ0) is 23.0. The number of hydrogen-bond donors (Lipinski definition) is 2. The van der Waals surface area contributed by atoms with Crippen molar-refractivity contribution in [3.05, 3.63) is 35.4 Å². The third-order valence-electron chi connectivity index (χ3n) is 7.05. The molecule has 0 saturated carbocycles. The number of carbonyl (C=O) groups is 3. The van der Waals surface area contributed by atoms with Crippen LogP contribution in [0.2, 0.25) is 0 Å². The Kier molecular flexibility index (Phi) is 6.17. The van der Waals surface area contributed by atoms with Gasteiger partial charge in [-0.3, -0.25) is 19.3 Å². The molecule has 0 spiro atoms. The molecule has 0 aromatic heterocycles. The summed E-state index contributed by atoms with van der Waals surface area (Å²) in [7, 11) is 1.59. The smallest absolute Gasteiger partial charge is 0.251 e. The molecule has 3 aliphatic heterocycles. The number of benzene rings is 1. The molecule has 3 N–H and O–H groups in total. The molecule has 9 nitrogen and oxygen atoms in total. The highest BCUT2D eigenvalue weighted by Gasteiger charge is 2.51. The van der Waals surface area contributed by atoms with Crippen molar-refractivity contribution in [3.8, 4) is 6.07 Å². The van der Waals surface area contributed by atoms with E-state index in [0.717, 1.165) is 18.4 Å². The number of nitriles is 1. The second-order valence-corrected chi connectivity index (χ2v) is 8.91. The van der Waals surface area contributed by atoms with E-state index < -0.39 is 12.1 Å². The van der Waals surface area contributed by atoms with Crippen molar-refractivity contribution in [2.75, 3.05) is 26.7 Å². The lowest BCUT2D eigenvalue weighted by Gasteiger charge is -2.38. The molecule has 32 heavy (non-hydrogen) atoms. The molecule has 2 bridgehead atoms. The van der Waals surface area contributed by atoms with E-state index in [4.69, 9.17) is 5.73 Å². The monoisotopic (exact) mass is 438 g/mol. The van der Waals surface area contributed by atoms with Crippen molar-refractivity contribution >= 4 is 17.7 Å². The molecular formula is C23H30N6O3. The number of rotatable bonds is 6. The second kappa shape index (κ2) is 8.88. The molecule has 4 rings (SSSR count). The van der Waals surface area contributed by atoms with E-state index in [9.17, 15) is 19.6 Å². The van der Waals surface area contributed by atoms with Gasteiger partial charge in [0.05, 0.1) is 24.2 Å². The van der Waals surface area contributed by atoms with Crippen molar-refractivity contribution in [2.45, 2.75) is 56.4 Å². The van der Waals surface area contributed by atoms with Gasteiger partial charge in [0.2, 0.25) is 11.8 Å². The summed E-state index contributed by atoms with van der Waals surface area (Å²) in [5, 5.41) is 11.8. The number of likely N-dealkylation sites (tertiary alicyclic amines) is 3. The van der Waals surface area contributed by atoms with Crippen molar-refractivity contribution in [2.24, 2.45) is 5.73 Å². The van der Waals surface area contributed by atoms with Crippen LogP contribution in [0.5, 0.6) is 0 Å². The molecule has 3 saturated heterocycles. The predicted octanol–water partition coefficient (Wildman–Crippen LogP) is 0.234. The minimum absolute atomic E-state index is 0.0554. The van der Waals surface area contributed by atoms with Crippen LogP contribution in [-0.2, 0) is 9.59 Å². The number of carbonyl (C=O) groups excluding carboxylic acids is 3. The average Bonchev–Trinajstić information content (AvgIpc) is 3.52. The maximum Gasteiger partial charge on any atom is 0.251 e. The molecule has 4 unspecified atom stereocenters. The van der Waals surface area contributed by atoms with E-state index >= 15 is 0 Å². The van der Waals surface area contributed by atoms with Crippen LogP contribution >= 0.6 is 0 Å². The summed E-state index contributed by atoms with van der Waals surface area (Å²) < 4.78 is 0. The zero-order valence-electron chi connectivity index (χ0n) is 18.5. The third-order valence-corrected chi connectivity index (χ3v) is 7.05. The molecule has 3 aliphatic rings. The minimum Gasteiger partial charge on any atom is -0.355 e. The zero-order valence-corrected chi connectivity index (χ0v) is 18.5. The first kappa shape index (κ1) is 22.2.